The molecule has 19 heavy (non-hydrogen) atoms. The number of halogens is 1. The fourth-order valence-electron chi connectivity index (χ4n) is 2.01. The van der Waals surface area contributed by atoms with Gasteiger partial charge in [-0.3, -0.25) is 4.79 Å². The first-order valence-electron chi connectivity index (χ1n) is 6.04. The third-order valence-corrected chi connectivity index (χ3v) is 3.35. The summed E-state index contributed by atoms with van der Waals surface area (Å²) in [5.41, 5.74) is 0.768. The maximum absolute atomic E-state index is 11.9. The smallest absolute Gasteiger partial charge is 0.339 e. The monoisotopic (exact) mass is 282 g/mol. The lowest BCUT2D eigenvalue weighted by molar-refractivity contribution is -0.117. The minimum absolute atomic E-state index is 0.101. The first-order chi connectivity index (χ1) is 9.11. The summed E-state index contributed by atoms with van der Waals surface area (Å²) in [7, 11) is 1.28. The molecule has 102 valence electrons. The second kappa shape index (κ2) is 6.04. The van der Waals surface area contributed by atoms with Gasteiger partial charge in [0, 0.05) is 5.69 Å². The topological polar surface area (TPSA) is 67.4 Å². The van der Waals surface area contributed by atoms with Gasteiger partial charge in [0.1, 0.15) is 0 Å². The van der Waals surface area contributed by atoms with Crippen molar-refractivity contribution in [3.63, 3.8) is 0 Å². The molecular formula is C13H15ClN2O3. The number of carbonyl (C=O) groups excluding carboxylic acids is 2. The highest BCUT2D eigenvalue weighted by Crippen LogP contribution is 2.21. The SMILES string of the molecule is COC(=O)c1cc(NC(=O)[C@H]2CCCN2)ccc1Cl. The molecule has 1 amide bonds. The van der Waals surface area contributed by atoms with Crippen molar-refractivity contribution in [2.24, 2.45) is 0 Å². The molecule has 2 rings (SSSR count). The summed E-state index contributed by atoms with van der Waals surface area (Å²) in [5, 5.41) is 6.16. The molecule has 2 N–H and O–H groups in total. The fourth-order valence-corrected chi connectivity index (χ4v) is 2.20. The van der Waals surface area contributed by atoms with E-state index in [0.717, 1.165) is 19.4 Å². The number of anilines is 1. The second-order valence-corrected chi connectivity index (χ2v) is 4.73. The van der Waals surface area contributed by atoms with E-state index >= 15 is 0 Å². The van der Waals surface area contributed by atoms with E-state index in [1.807, 2.05) is 0 Å². The van der Waals surface area contributed by atoms with Gasteiger partial charge in [-0.2, -0.15) is 0 Å². The molecular weight excluding hydrogens is 268 g/mol. The molecule has 1 aromatic rings. The molecule has 0 aliphatic carbocycles. The van der Waals surface area contributed by atoms with Crippen LogP contribution in [0.15, 0.2) is 18.2 Å². The van der Waals surface area contributed by atoms with Gasteiger partial charge in [0.05, 0.1) is 23.7 Å². The highest BCUT2D eigenvalue weighted by Gasteiger charge is 2.22. The summed E-state index contributed by atoms with van der Waals surface area (Å²) < 4.78 is 4.63. The number of esters is 1. The number of carbonyl (C=O) groups is 2. The van der Waals surface area contributed by atoms with Crippen LogP contribution in [0.2, 0.25) is 5.02 Å². The zero-order valence-corrected chi connectivity index (χ0v) is 11.3. The number of amides is 1. The van der Waals surface area contributed by atoms with Crippen LogP contribution < -0.4 is 10.6 Å². The van der Waals surface area contributed by atoms with Gasteiger partial charge in [-0.1, -0.05) is 11.6 Å². The van der Waals surface area contributed by atoms with Gasteiger partial charge in [0.15, 0.2) is 0 Å². The van der Waals surface area contributed by atoms with Crippen molar-refractivity contribution in [2.45, 2.75) is 18.9 Å². The maximum Gasteiger partial charge on any atom is 0.339 e. The van der Waals surface area contributed by atoms with Gasteiger partial charge in [-0.15, -0.1) is 0 Å². The molecule has 0 unspecified atom stereocenters. The van der Waals surface area contributed by atoms with E-state index in [1.54, 1.807) is 12.1 Å². The van der Waals surface area contributed by atoms with Crippen molar-refractivity contribution in [1.29, 1.82) is 0 Å². The molecule has 1 saturated heterocycles. The van der Waals surface area contributed by atoms with Crippen molar-refractivity contribution in [1.82, 2.24) is 5.32 Å². The molecule has 1 aliphatic heterocycles. The van der Waals surface area contributed by atoms with Gasteiger partial charge in [-0.25, -0.2) is 4.79 Å². The summed E-state index contributed by atoms with van der Waals surface area (Å²) in [6.45, 7) is 0.853. The first kappa shape index (κ1) is 13.8. The molecule has 0 saturated carbocycles. The number of hydrogen-bond donors (Lipinski definition) is 2. The Bertz CT molecular complexity index is 499. The average molecular weight is 283 g/mol. The van der Waals surface area contributed by atoms with Crippen LogP contribution in [-0.4, -0.2) is 31.6 Å². The van der Waals surface area contributed by atoms with Crippen LogP contribution in [0.25, 0.3) is 0 Å². The van der Waals surface area contributed by atoms with Crippen LogP contribution >= 0.6 is 11.6 Å². The van der Waals surface area contributed by atoms with Crippen LogP contribution in [0.3, 0.4) is 0 Å². The highest BCUT2D eigenvalue weighted by molar-refractivity contribution is 6.33. The number of rotatable bonds is 3. The standard InChI is InChI=1S/C13H15ClN2O3/c1-19-13(18)9-7-8(4-5-10(9)14)16-12(17)11-3-2-6-15-11/h4-5,7,11,15H,2-3,6H2,1H3,(H,16,17)/t11-/m1/s1. The quantitative estimate of drug-likeness (QED) is 0.830. The normalized spacial score (nSPS) is 18.1. The summed E-state index contributed by atoms with van der Waals surface area (Å²) in [6.07, 6.45) is 1.81. The molecule has 1 heterocycles. The van der Waals surface area contributed by atoms with Crippen LogP contribution in [0, 0.1) is 0 Å². The molecule has 0 radical (unpaired) electrons. The Morgan fingerprint density at radius 3 is 2.89 bits per heavy atom. The van der Waals surface area contributed by atoms with Crippen molar-refractivity contribution < 1.29 is 14.3 Å². The molecule has 0 bridgehead atoms. The minimum atomic E-state index is -0.528. The minimum Gasteiger partial charge on any atom is -0.465 e. The van der Waals surface area contributed by atoms with Crippen LogP contribution in [0.4, 0.5) is 5.69 Å². The molecule has 0 aromatic heterocycles. The predicted octanol–water partition coefficient (Wildman–Crippen LogP) is 1.82. The summed E-state index contributed by atoms with van der Waals surface area (Å²) in [5.74, 6) is -0.629. The van der Waals surface area contributed by atoms with Crippen LogP contribution in [0.1, 0.15) is 23.2 Å². The van der Waals surface area contributed by atoms with E-state index in [-0.39, 0.29) is 17.5 Å². The number of hydrogen-bond acceptors (Lipinski definition) is 4. The maximum atomic E-state index is 11.9. The van der Waals surface area contributed by atoms with E-state index in [4.69, 9.17) is 11.6 Å². The van der Waals surface area contributed by atoms with Crippen LogP contribution in [-0.2, 0) is 9.53 Å². The molecule has 1 aliphatic rings. The zero-order chi connectivity index (χ0) is 13.8. The molecule has 5 nitrogen and oxygen atoms in total. The third kappa shape index (κ3) is 3.24. The van der Waals surface area contributed by atoms with E-state index in [0.29, 0.717) is 10.7 Å². The highest BCUT2D eigenvalue weighted by atomic mass is 35.5. The Labute approximate surface area is 116 Å². The van der Waals surface area contributed by atoms with Crippen molar-refractivity contribution in [3.05, 3.63) is 28.8 Å². The fraction of sp³-hybridized carbons (Fsp3) is 0.385. The van der Waals surface area contributed by atoms with E-state index in [2.05, 4.69) is 15.4 Å². The Balaban J connectivity index is 2.12. The number of benzene rings is 1. The Hall–Kier alpha value is -1.59. The average Bonchev–Trinajstić information content (AvgIpc) is 2.94. The molecule has 1 aromatic carbocycles. The second-order valence-electron chi connectivity index (χ2n) is 4.32. The Morgan fingerprint density at radius 2 is 2.26 bits per heavy atom. The number of nitrogens with one attached hydrogen (secondary N) is 2. The van der Waals surface area contributed by atoms with E-state index in [1.165, 1.54) is 13.2 Å². The first-order valence-corrected chi connectivity index (χ1v) is 6.41. The van der Waals surface area contributed by atoms with Crippen molar-refractivity contribution >= 4 is 29.2 Å². The number of ether oxygens (including phenoxy) is 1. The van der Waals surface area contributed by atoms with Gasteiger partial charge in [0.2, 0.25) is 5.91 Å². The molecule has 1 fully saturated rings. The van der Waals surface area contributed by atoms with E-state index in [9.17, 15) is 9.59 Å². The molecule has 1 atom stereocenters. The largest absolute Gasteiger partial charge is 0.465 e. The number of methoxy groups -OCH3 is 1. The lowest BCUT2D eigenvalue weighted by Crippen LogP contribution is -2.35. The summed E-state index contributed by atoms with van der Waals surface area (Å²) in [4.78, 5) is 23.4. The van der Waals surface area contributed by atoms with Gasteiger partial charge < -0.3 is 15.4 Å². The predicted molar refractivity (Wildman–Crippen MR) is 72.4 cm³/mol. The molecule has 0 spiro atoms. The Kier molecular flexibility index (Phi) is 4.39. The summed E-state index contributed by atoms with van der Waals surface area (Å²) >= 11 is 5.91. The lowest BCUT2D eigenvalue weighted by atomic mass is 10.1. The molecule has 6 heteroatoms. The van der Waals surface area contributed by atoms with Gasteiger partial charge >= 0.3 is 5.97 Å². The van der Waals surface area contributed by atoms with E-state index < -0.39 is 5.97 Å². The van der Waals surface area contributed by atoms with Gasteiger partial charge in [0.25, 0.3) is 0 Å². The van der Waals surface area contributed by atoms with Crippen molar-refractivity contribution in [3.8, 4) is 0 Å². The van der Waals surface area contributed by atoms with Gasteiger partial charge in [-0.05, 0) is 37.6 Å². The van der Waals surface area contributed by atoms with Crippen LogP contribution in [0.5, 0.6) is 0 Å². The third-order valence-electron chi connectivity index (χ3n) is 3.02. The Morgan fingerprint density at radius 1 is 1.47 bits per heavy atom. The lowest BCUT2D eigenvalue weighted by Gasteiger charge is -2.12. The zero-order valence-electron chi connectivity index (χ0n) is 10.5. The summed E-state index contributed by atoms with van der Waals surface area (Å²) in [6, 6.07) is 4.56. The van der Waals surface area contributed by atoms with Crippen molar-refractivity contribution in [2.75, 3.05) is 19.0 Å².